The maximum Gasteiger partial charge on any atom is 0.521 e. The fourth-order valence-electron chi connectivity index (χ4n) is 9.65. The Morgan fingerprint density at radius 2 is 1.75 bits per heavy atom. The van der Waals surface area contributed by atoms with Gasteiger partial charge in [-0.2, -0.15) is 13.2 Å². The average Bonchev–Trinajstić information content (AvgIpc) is 4.17. The highest BCUT2D eigenvalue weighted by Crippen LogP contribution is 2.59. The Morgan fingerprint density at radius 1 is 1.05 bits per heavy atom. The van der Waals surface area contributed by atoms with Gasteiger partial charge < -0.3 is 19.1 Å². The van der Waals surface area contributed by atoms with Crippen molar-refractivity contribution in [3.63, 3.8) is 0 Å². The van der Waals surface area contributed by atoms with E-state index in [0.29, 0.717) is 36.7 Å². The number of Topliss-reactive ketones (excluding diaryl/α,β-unsaturated/α-hetero) is 1. The number of carbonyl (C=O) groups is 5. The van der Waals surface area contributed by atoms with Crippen molar-refractivity contribution in [2.75, 3.05) is 13.2 Å². The molecule has 8 atom stereocenters. The molecule has 2 aromatic rings. The Kier molecular flexibility index (Phi) is 13.1. The van der Waals surface area contributed by atoms with Crippen molar-refractivity contribution in [2.45, 2.75) is 154 Å². The standard InChI is InChI=1S/C45H57F5N4O10S/c1-7-26-34-23-53(36(26)32(55)22-44(21-28(44)37(46)47)40(58)52-65(60,61)43(6)16-17-43)38(57)27(42(3,4)5)20-35(56)63-33-18-24(33)12-10-9-11-13-30-39(64-34)54(41(59)45(48,49)50)31-19-25(62-8-2)14-15-29(31)51-30/h14-15,19,24,26-28,33-34,36-37H,7-13,16-18,20-23H2,1-6H3/p+1/t24-,26-,27-,28+,33-,34+,36+,44-/m1/s1. The van der Waals surface area contributed by atoms with Gasteiger partial charge in [-0.1, -0.05) is 45.1 Å². The lowest BCUT2D eigenvalue weighted by Gasteiger charge is -2.35. The van der Waals surface area contributed by atoms with Crippen molar-refractivity contribution in [1.82, 2.24) is 14.6 Å². The molecule has 2 aliphatic heterocycles. The van der Waals surface area contributed by atoms with Crippen molar-refractivity contribution in [2.24, 2.45) is 34.5 Å². The van der Waals surface area contributed by atoms with Crippen molar-refractivity contribution < 1.29 is 73.1 Å². The number of nitrogens with zero attached hydrogens (tertiary/aromatic N) is 3. The Morgan fingerprint density at radius 3 is 2.35 bits per heavy atom. The third-order valence-electron chi connectivity index (χ3n) is 14.1. The molecule has 3 heterocycles. The maximum absolute atomic E-state index is 15.1. The number of ether oxygens (including phenoxy) is 3. The number of ketones is 1. The molecule has 14 nitrogen and oxygen atoms in total. The summed E-state index contributed by atoms with van der Waals surface area (Å²) in [4.78, 5) is 76.9. The van der Waals surface area contributed by atoms with E-state index in [9.17, 15) is 49.5 Å². The molecule has 65 heavy (non-hydrogen) atoms. The van der Waals surface area contributed by atoms with E-state index >= 15 is 4.79 Å². The third-order valence-corrected chi connectivity index (χ3v) is 16.3. The van der Waals surface area contributed by atoms with Gasteiger partial charge in [0.25, 0.3) is 0 Å². The summed E-state index contributed by atoms with van der Waals surface area (Å²) >= 11 is 0. The van der Waals surface area contributed by atoms with Gasteiger partial charge in [-0.25, -0.2) is 27.0 Å². The number of aromatic nitrogens is 2. The number of fused-ring (bicyclic) bond motifs is 5. The first kappa shape index (κ1) is 48.4. The molecule has 2 bridgehead atoms. The fraction of sp³-hybridized carbons (Fsp3) is 0.711. The van der Waals surface area contributed by atoms with Crippen LogP contribution in [0, 0.1) is 34.5 Å². The molecule has 3 aliphatic carbocycles. The van der Waals surface area contributed by atoms with E-state index in [-0.39, 0.29) is 66.8 Å². The second kappa shape index (κ2) is 17.6. The molecule has 1 aromatic carbocycles. The number of carbonyl (C=O) groups excluding carboxylic acids is 5. The van der Waals surface area contributed by atoms with E-state index in [2.05, 4.69) is 0 Å². The minimum Gasteiger partial charge on any atom is -0.494 e. The van der Waals surface area contributed by atoms with Crippen LogP contribution in [-0.4, -0.2) is 96.5 Å². The first-order chi connectivity index (χ1) is 30.4. The number of benzene rings is 1. The number of esters is 1. The van der Waals surface area contributed by atoms with E-state index in [1.165, 1.54) is 25.1 Å². The number of halogens is 5. The van der Waals surface area contributed by atoms with Gasteiger partial charge in [0.05, 0.1) is 47.8 Å². The zero-order chi connectivity index (χ0) is 47.6. The molecule has 0 radical (unpaired) electrons. The van der Waals surface area contributed by atoms with Crippen LogP contribution in [0.1, 0.15) is 123 Å². The van der Waals surface area contributed by atoms with Crippen LogP contribution in [0.3, 0.4) is 0 Å². The zero-order valence-electron chi connectivity index (χ0n) is 37.5. The largest absolute Gasteiger partial charge is 0.521 e. The summed E-state index contributed by atoms with van der Waals surface area (Å²) in [5, 5.41) is 0. The first-order valence-electron chi connectivity index (χ1n) is 22.5. The van der Waals surface area contributed by atoms with Crippen LogP contribution in [0.5, 0.6) is 11.6 Å². The smallest absolute Gasteiger partial charge is 0.494 e. The molecule has 7 rings (SSSR count). The number of aryl methyl sites for hydroxylation is 1. The number of amides is 2. The number of nitrogens with one attached hydrogen (secondary N) is 1. The van der Waals surface area contributed by atoms with Crippen LogP contribution < -0.4 is 18.8 Å². The molecule has 1 N–H and O–H groups in total. The Hall–Kier alpha value is -4.49. The molecule has 1 aromatic heterocycles. The van der Waals surface area contributed by atoms with E-state index in [1.54, 1.807) is 34.6 Å². The number of alkyl halides is 5. The lowest BCUT2D eigenvalue weighted by molar-refractivity contribution is -0.570. The van der Waals surface area contributed by atoms with Crippen LogP contribution in [0.25, 0.3) is 11.0 Å². The fourth-order valence-corrected chi connectivity index (χ4v) is 11.0. The first-order valence-corrected chi connectivity index (χ1v) is 24.0. The molecule has 1 saturated heterocycles. The number of hydrogen-bond acceptors (Lipinski definition) is 11. The number of sulfonamides is 1. The maximum atomic E-state index is 15.1. The number of rotatable bonds is 10. The third kappa shape index (κ3) is 9.69. The second-order valence-electron chi connectivity index (χ2n) is 19.8. The molecule has 5 aliphatic rings. The second-order valence-corrected chi connectivity index (χ2v) is 22.0. The molecule has 3 saturated carbocycles. The quantitative estimate of drug-likeness (QED) is 0.158. The van der Waals surface area contributed by atoms with Crippen molar-refractivity contribution in [3.05, 3.63) is 23.9 Å². The summed E-state index contributed by atoms with van der Waals surface area (Å²) in [5.41, 5.74) is -3.35. The summed E-state index contributed by atoms with van der Waals surface area (Å²) in [6.45, 7) is 9.51. The minimum absolute atomic E-state index is 0.00706. The summed E-state index contributed by atoms with van der Waals surface area (Å²) in [7, 11) is -4.32. The van der Waals surface area contributed by atoms with Crippen LogP contribution in [-0.2, 0) is 40.4 Å². The van der Waals surface area contributed by atoms with E-state index in [1.807, 2.05) is 4.72 Å². The van der Waals surface area contributed by atoms with Gasteiger partial charge >= 0.3 is 23.9 Å². The summed E-state index contributed by atoms with van der Waals surface area (Å²) in [6.07, 6.45) is -8.50. The zero-order valence-corrected chi connectivity index (χ0v) is 38.3. The molecular weight excluding hydrogens is 884 g/mol. The van der Waals surface area contributed by atoms with Gasteiger partial charge in [0, 0.05) is 24.7 Å². The van der Waals surface area contributed by atoms with Crippen molar-refractivity contribution in [1.29, 1.82) is 0 Å². The Balaban J connectivity index is 1.36. The van der Waals surface area contributed by atoms with Crippen LogP contribution in [0.2, 0.25) is 0 Å². The summed E-state index contributed by atoms with van der Waals surface area (Å²) in [6, 6.07) is 2.63. The molecule has 0 spiro atoms. The average molecular weight is 942 g/mol. The van der Waals surface area contributed by atoms with Crippen LogP contribution in [0.4, 0.5) is 22.0 Å². The Labute approximate surface area is 374 Å². The lowest BCUT2D eigenvalue weighted by Crippen LogP contribution is -2.54. The SMILES string of the molecule is CCOc1ccc2nc3c([n+](C(=O)C(F)(F)F)c2c1)O[C@H]1CN(C(=O)[C@H](C(C)(C)C)CC(=O)O[C@@H]2C[C@H]2CCCCC3)[C@H](C(=O)C[C@]2(C(=O)NS(=O)(=O)C3(C)CC3)C[C@H]2C(F)F)[C@@H]1CC. The Bertz CT molecular complexity index is 2350. The van der Waals surface area contributed by atoms with Crippen LogP contribution in [0.15, 0.2) is 18.2 Å². The van der Waals surface area contributed by atoms with Gasteiger partial charge in [0.2, 0.25) is 33.8 Å². The van der Waals surface area contributed by atoms with Gasteiger partial charge in [-0.3, -0.25) is 23.9 Å². The normalized spacial score (nSPS) is 29.4. The van der Waals surface area contributed by atoms with E-state index in [0.717, 1.165) is 4.90 Å². The molecule has 0 unspecified atom stereocenters. The molecule has 2 amide bonds. The molecule has 20 heteroatoms. The highest BCUT2D eigenvalue weighted by molar-refractivity contribution is 7.91. The monoisotopic (exact) mass is 941 g/mol. The molecular formula is C45H58F5N4O10S+. The van der Waals surface area contributed by atoms with Crippen molar-refractivity contribution >= 4 is 50.5 Å². The highest BCUT2D eigenvalue weighted by Gasteiger charge is 2.67. The minimum atomic E-state index is -5.43. The van der Waals surface area contributed by atoms with Gasteiger partial charge in [-0.05, 0) is 82.3 Å². The van der Waals surface area contributed by atoms with Gasteiger partial charge in [0.1, 0.15) is 23.5 Å². The predicted octanol–water partition coefficient (Wildman–Crippen LogP) is 6.44. The summed E-state index contributed by atoms with van der Waals surface area (Å²) < 4.78 is 119. The van der Waals surface area contributed by atoms with E-state index < -0.39 is 129 Å². The predicted molar refractivity (Wildman–Crippen MR) is 222 cm³/mol. The van der Waals surface area contributed by atoms with Crippen LogP contribution >= 0.6 is 0 Å². The highest BCUT2D eigenvalue weighted by atomic mass is 32.2. The van der Waals surface area contributed by atoms with Crippen molar-refractivity contribution in [3.8, 4) is 11.6 Å². The van der Waals surface area contributed by atoms with Gasteiger partial charge in [0.15, 0.2) is 11.5 Å². The lowest BCUT2D eigenvalue weighted by atomic mass is 9.77. The molecule has 4 fully saturated rings. The molecule has 358 valence electrons. The van der Waals surface area contributed by atoms with E-state index in [4.69, 9.17) is 19.2 Å². The number of hydrogen-bond donors (Lipinski definition) is 1. The van der Waals surface area contributed by atoms with Gasteiger partial charge in [-0.15, -0.1) is 0 Å². The topological polar surface area (TPSA) is 179 Å². The summed E-state index contributed by atoms with van der Waals surface area (Å²) in [5.74, 6) is -10.1.